The molecule has 0 spiro atoms. The van der Waals surface area contributed by atoms with Crippen molar-refractivity contribution in [2.75, 3.05) is 6.61 Å². The van der Waals surface area contributed by atoms with E-state index in [4.69, 9.17) is 10.8 Å². The van der Waals surface area contributed by atoms with Crippen molar-refractivity contribution in [1.29, 1.82) is 0 Å². The number of phenolic OH excluding ortho intramolecular Hbond substituents is 1. The van der Waals surface area contributed by atoms with Crippen LogP contribution >= 0.6 is 0 Å². The van der Waals surface area contributed by atoms with Gasteiger partial charge in [0.05, 0.1) is 12.6 Å². The second kappa shape index (κ2) is 4.21. The minimum atomic E-state index is -0.475. The Morgan fingerprint density at radius 1 is 1.20 bits per heavy atom. The summed E-state index contributed by atoms with van der Waals surface area (Å²) in [6, 6.07) is 3.28. The number of aromatic hydroxyl groups is 1. The molecule has 82 valence electrons. The van der Waals surface area contributed by atoms with E-state index in [-0.39, 0.29) is 12.4 Å². The number of hydrogen-bond acceptors (Lipinski definition) is 3. The van der Waals surface area contributed by atoms with Crippen LogP contribution in [0.3, 0.4) is 0 Å². The Morgan fingerprint density at radius 3 is 2.40 bits per heavy atom. The van der Waals surface area contributed by atoms with Gasteiger partial charge < -0.3 is 15.9 Å². The lowest BCUT2D eigenvalue weighted by atomic mass is 9.89. The van der Waals surface area contributed by atoms with Gasteiger partial charge in [0.1, 0.15) is 5.75 Å². The lowest BCUT2D eigenvalue weighted by Gasteiger charge is -2.19. The molecular weight excluding hydrogens is 190 g/mol. The summed E-state index contributed by atoms with van der Waals surface area (Å²) in [6.45, 7) is -0.133. The molecule has 1 aromatic carbocycles. The maximum absolute atomic E-state index is 9.78. The summed E-state index contributed by atoms with van der Waals surface area (Å²) >= 11 is 0. The molecule has 0 aromatic heterocycles. The van der Waals surface area contributed by atoms with Gasteiger partial charge >= 0.3 is 0 Å². The molecule has 3 nitrogen and oxygen atoms in total. The van der Waals surface area contributed by atoms with E-state index in [1.54, 1.807) is 6.07 Å². The largest absolute Gasteiger partial charge is 0.508 e. The number of rotatable bonds is 2. The predicted molar refractivity (Wildman–Crippen MR) is 58.8 cm³/mol. The molecule has 1 unspecified atom stereocenters. The van der Waals surface area contributed by atoms with Gasteiger partial charge in [-0.1, -0.05) is 6.07 Å². The van der Waals surface area contributed by atoms with Gasteiger partial charge in [-0.3, -0.25) is 0 Å². The molecule has 1 aromatic rings. The molecule has 1 aliphatic carbocycles. The Balaban J connectivity index is 2.40. The number of aliphatic hydroxyl groups is 1. The van der Waals surface area contributed by atoms with Crippen molar-refractivity contribution in [1.82, 2.24) is 0 Å². The van der Waals surface area contributed by atoms with Crippen molar-refractivity contribution in [2.24, 2.45) is 5.73 Å². The van der Waals surface area contributed by atoms with Crippen LogP contribution in [0.2, 0.25) is 0 Å². The maximum atomic E-state index is 9.78. The molecule has 15 heavy (non-hydrogen) atoms. The van der Waals surface area contributed by atoms with E-state index in [0.717, 1.165) is 12.8 Å². The Labute approximate surface area is 89.5 Å². The summed E-state index contributed by atoms with van der Waals surface area (Å²) in [6.07, 6.45) is 4.49. The predicted octanol–water partition coefficient (Wildman–Crippen LogP) is 1.26. The zero-order chi connectivity index (χ0) is 10.8. The van der Waals surface area contributed by atoms with Crippen LogP contribution in [0.4, 0.5) is 0 Å². The highest BCUT2D eigenvalue weighted by Gasteiger charge is 2.16. The Morgan fingerprint density at radius 2 is 1.80 bits per heavy atom. The Hall–Kier alpha value is -1.06. The molecule has 0 radical (unpaired) electrons. The molecule has 1 atom stereocenters. The summed E-state index contributed by atoms with van der Waals surface area (Å²) in [5, 5.41) is 18.8. The molecule has 1 aliphatic rings. The van der Waals surface area contributed by atoms with E-state index in [9.17, 15) is 5.11 Å². The molecule has 0 saturated heterocycles. The first-order valence-electron chi connectivity index (χ1n) is 5.43. The van der Waals surface area contributed by atoms with Crippen LogP contribution in [0.1, 0.15) is 35.6 Å². The third kappa shape index (κ3) is 1.98. The van der Waals surface area contributed by atoms with Crippen LogP contribution in [0.15, 0.2) is 12.1 Å². The number of fused-ring (bicyclic) bond motifs is 1. The van der Waals surface area contributed by atoms with Gasteiger partial charge in [0.25, 0.3) is 0 Å². The Bertz CT molecular complexity index is 363. The average Bonchev–Trinajstić information content (AvgIpc) is 2.27. The molecule has 0 aliphatic heterocycles. The highest BCUT2D eigenvalue weighted by Crippen LogP contribution is 2.30. The molecule has 0 bridgehead atoms. The van der Waals surface area contributed by atoms with Crippen LogP contribution < -0.4 is 5.73 Å². The van der Waals surface area contributed by atoms with Crippen molar-refractivity contribution in [3.63, 3.8) is 0 Å². The standard InChI is InChI=1S/C12H17NO2/c13-11(7-14)10-5-8-3-1-2-4-9(8)6-12(10)15/h5-6,11,14-15H,1-4,7,13H2. The van der Waals surface area contributed by atoms with E-state index < -0.39 is 6.04 Å². The molecule has 0 saturated carbocycles. The summed E-state index contributed by atoms with van der Waals surface area (Å²) in [7, 11) is 0. The number of hydrogen-bond donors (Lipinski definition) is 3. The summed E-state index contributed by atoms with van der Waals surface area (Å²) in [4.78, 5) is 0. The zero-order valence-electron chi connectivity index (χ0n) is 8.74. The van der Waals surface area contributed by atoms with Gasteiger partial charge in [-0.25, -0.2) is 0 Å². The molecular formula is C12H17NO2. The normalized spacial score (nSPS) is 17.2. The number of nitrogens with two attached hydrogens (primary N) is 1. The smallest absolute Gasteiger partial charge is 0.120 e. The molecule has 0 amide bonds. The molecule has 2 rings (SSSR count). The van der Waals surface area contributed by atoms with Crippen LogP contribution in [0.25, 0.3) is 0 Å². The van der Waals surface area contributed by atoms with E-state index >= 15 is 0 Å². The average molecular weight is 207 g/mol. The van der Waals surface area contributed by atoms with Gasteiger partial charge in [0, 0.05) is 5.56 Å². The topological polar surface area (TPSA) is 66.5 Å². The van der Waals surface area contributed by atoms with Gasteiger partial charge in [-0.15, -0.1) is 0 Å². The summed E-state index contributed by atoms with van der Waals surface area (Å²) < 4.78 is 0. The number of aryl methyl sites for hydroxylation is 2. The van der Waals surface area contributed by atoms with Crippen LogP contribution in [-0.4, -0.2) is 16.8 Å². The molecule has 3 heteroatoms. The first-order chi connectivity index (χ1) is 7.22. The van der Waals surface area contributed by atoms with E-state index in [0.29, 0.717) is 5.56 Å². The first kappa shape index (κ1) is 10.5. The lowest BCUT2D eigenvalue weighted by Crippen LogP contribution is -2.16. The van der Waals surface area contributed by atoms with Gasteiger partial charge in [0.2, 0.25) is 0 Å². The third-order valence-electron chi connectivity index (χ3n) is 3.09. The highest BCUT2D eigenvalue weighted by molar-refractivity contribution is 5.44. The fraction of sp³-hybridized carbons (Fsp3) is 0.500. The van der Waals surface area contributed by atoms with Crippen molar-refractivity contribution < 1.29 is 10.2 Å². The van der Waals surface area contributed by atoms with Gasteiger partial charge in [0.15, 0.2) is 0 Å². The zero-order valence-corrected chi connectivity index (χ0v) is 8.74. The van der Waals surface area contributed by atoms with Crippen molar-refractivity contribution >= 4 is 0 Å². The van der Waals surface area contributed by atoms with E-state index in [1.165, 1.54) is 24.0 Å². The van der Waals surface area contributed by atoms with E-state index in [1.807, 2.05) is 6.07 Å². The maximum Gasteiger partial charge on any atom is 0.120 e. The SMILES string of the molecule is NC(CO)c1cc2c(cc1O)CCCC2. The number of aliphatic hydroxyl groups excluding tert-OH is 1. The minimum Gasteiger partial charge on any atom is -0.508 e. The molecule has 4 N–H and O–H groups in total. The molecule has 0 heterocycles. The fourth-order valence-corrected chi connectivity index (χ4v) is 2.19. The van der Waals surface area contributed by atoms with Crippen LogP contribution in [-0.2, 0) is 12.8 Å². The second-order valence-corrected chi connectivity index (χ2v) is 4.18. The Kier molecular flexibility index (Phi) is 2.93. The van der Waals surface area contributed by atoms with Crippen molar-refractivity contribution in [2.45, 2.75) is 31.7 Å². The fourth-order valence-electron chi connectivity index (χ4n) is 2.19. The van der Waals surface area contributed by atoms with E-state index in [2.05, 4.69) is 0 Å². The second-order valence-electron chi connectivity index (χ2n) is 4.18. The lowest BCUT2D eigenvalue weighted by molar-refractivity contribution is 0.265. The first-order valence-corrected chi connectivity index (χ1v) is 5.43. The number of benzene rings is 1. The van der Waals surface area contributed by atoms with Gasteiger partial charge in [-0.05, 0) is 42.9 Å². The highest BCUT2D eigenvalue weighted by atomic mass is 16.3. The summed E-state index contributed by atoms with van der Waals surface area (Å²) in [5.74, 6) is 0.220. The monoisotopic (exact) mass is 207 g/mol. The van der Waals surface area contributed by atoms with Crippen LogP contribution in [0, 0.1) is 0 Å². The van der Waals surface area contributed by atoms with Gasteiger partial charge in [-0.2, -0.15) is 0 Å². The third-order valence-corrected chi connectivity index (χ3v) is 3.09. The summed E-state index contributed by atoms with van der Waals surface area (Å²) in [5.41, 5.74) is 8.89. The minimum absolute atomic E-state index is 0.133. The quantitative estimate of drug-likeness (QED) is 0.684. The molecule has 0 fully saturated rings. The van der Waals surface area contributed by atoms with Crippen LogP contribution in [0.5, 0.6) is 5.75 Å². The van der Waals surface area contributed by atoms with Crippen molar-refractivity contribution in [3.8, 4) is 5.75 Å². The van der Waals surface area contributed by atoms with Crippen molar-refractivity contribution in [3.05, 3.63) is 28.8 Å². The number of phenols is 1.